The standard InChI is InChI=1S/C8H9Cl2NO.ClH/c9-6-3-5(1-2-11)4-7(10)8(6)12;/h3-4,12H,1-2,11H2;1H. The van der Waals surface area contributed by atoms with Gasteiger partial charge >= 0.3 is 0 Å². The molecule has 0 unspecified atom stereocenters. The van der Waals surface area contributed by atoms with E-state index in [0.29, 0.717) is 13.0 Å². The SMILES string of the molecule is Cl.NCCc1cc(Cl)c(O)c(Cl)c1. The first-order chi connectivity index (χ1) is 5.65. The van der Waals surface area contributed by atoms with Crippen LogP contribution in [0.25, 0.3) is 0 Å². The number of phenolic OH excluding ortho intramolecular Hbond substituents is 1. The third-order valence-corrected chi connectivity index (χ3v) is 2.09. The van der Waals surface area contributed by atoms with Gasteiger partial charge in [0.25, 0.3) is 0 Å². The molecule has 0 aliphatic heterocycles. The lowest BCUT2D eigenvalue weighted by molar-refractivity contribution is 0.475. The molecule has 0 saturated carbocycles. The van der Waals surface area contributed by atoms with Crippen molar-refractivity contribution in [2.75, 3.05) is 6.54 Å². The summed E-state index contributed by atoms with van der Waals surface area (Å²) in [5, 5.41) is 9.74. The summed E-state index contributed by atoms with van der Waals surface area (Å²) in [7, 11) is 0. The third kappa shape index (κ3) is 3.24. The van der Waals surface area contributed by atoms with Gasteiger partial charge in [-0.2, -0.15) is 0 Å². The highest BCUT2D eigenvalue weighted by atomic mass is 35.5. The van der Waals surface area contributed by atoms with E-state index in [4.69, 9.17) is 28.9 Å². The molecule has 1 aromatic rings. The van der Waals surface area contributed by atoms with E-state index in [0.717, 1.165) is 5.56 Å². The van der Waals surface area contributed by atoms with Crippen LogP contribution in [0.3, 0.4) is 0 Å². The second-order valence-corrected chi connectivity index (χ2v) is 3.26. The van der Waals surface area contributed by atoms with E-state index in [9.17, 15) is 5.11 Å². The van der Waals surface area contributed by atoms with Gasteiger partial charge in [0, 0.05) is 0 Å². The number of aromatic hydroxyl groups is 1. The van der Waals surface area contributed by atoms with Crippen molar-refractivity contribution < 1.29 is 5.11 Å². The molecule has 0 atom stereocenters. The minimum atomic E-state index is -0.0703. The number of halogens is 3. The average Bonchev–Trinajstić information content (AvgIpc) is 2.01. The first-order valence-corrected chi connectivity index (χ1v) is 4.27. The van der Waals surface area contributed by atoms with Crippen LogP contribution in [0.4, 0.5) is 0 Å². The van der Waals surface area contributed by atoms with E-state index >= 15 is 0 Å². The van der Waals surface area contributed by atoms with Gasteiger partial charge in [0.05, 0.1) is 10.0 Å². The molecule has 1 aromatic carbocycles. The van der Waals surface area contributed by atoms with Crippen molar-refractivity contribution in [3.63, 3.8) is 0 Å². The lowest BCUT2D eigenvalue weighted by Gasteiger charge is -2.03. The van der Waals surface area contributed by atoms with Gasteiger partial charge in [0.1, 0.15) is 0 Å². The van der Waals surface area contributed by atoms with Crippen molar-refractivity contribution in [1.29, 1.82) is 0 Å². The third-order valence-electron chi connectivity index (χ3n) is 1.51. The largest absolute Gasteiger partial charge is 0.505 e. The number of benzene rings is 1. The molecule has 0 fully saturated rings. The number of hydrogen-bond acceptors (Lipinski definition) is 2. The van der Waals surface area contributed by atoms with Crippen LogP contribution in [0.5, 0.6) is 5.75 Å². The Hall–Kier alpha value is -0.150. The van der Waals surface area contributed by atoms with E-state index < -0.39 is 0 Å². The van der Waals surface area contributed by atoms with E-state index in [-0.39, 0.29) is 28.2 Å². The van der Waals surface area contributed by atoms with Crippen LogP contribution in [0.15, 0.2) is 12.1 Å². The first kappa shape index (κ1) is 12.8. The van der Waals surface area contributed by atoms with Crippen molar-refractivity contribution >= 4 is 35.6 Å². The summed E-state index contributed by atoms with van der Waals surface area (Å²) in [6.45, 7) is 0.539. The summed E-state index contributed by atoms with van der Waals surface area (Å²) < 4.78 is 0. The second-order valence-electron chi connectivity index (χ2n) is 2.45. The van der Waals surface area contributed by atoms with Crippen molar-refractivity contribution in [3.8, 4) is 5.75 Å². The summed E-state index contributed by atoms with van der Waals surface area (Å²) >= 11 is 11.4. The summed E-state index contributed by atoms with van der Waals surface area (Å²) in [4.78, 5) is 0. The number of rotatable bonds is 2. The normalized spacial score (nSPS) is 9.46. The summed E-state index contributed by atoms with van der Waals surface area (Å²) in [5.74, 6) is -0.0703. The monoisotopic (exact) mass is 241 g/mol. The highest BCUT2D eigenvalue weighted by Gasteiger charge is 2.05. The predicted octanol–water partition coefficient (Wildman–Crippen LogP) is 2.62. The van der Waals surface area contributed by atoms with Crippen LogP contribution in [0, 0.1) is 0 Å². The molecule has 0 heterocycles. The van der Waals surface area contributed by atoms with Crippen LogP contribution in [-0.4, -0.2) is 11.7 Å². The molecule has 13 heavy (non-hydrogen) atoms. The predicted molar refractivity (Wildman–Crippen MR) is 58.1 cm³/mol. The number of nitrogens with two attached hydrogens (primary N) is 1. The fraction of sp³-hybridized carbons (Fsp3) is 0.250. The van der Waals surface area contributed by atoms with Gasteiger partial charge in [-0.25, -0.2) is 0 Å². The van der Waals surface area contributed by atoms with Crippen molar-refractivity contribution in [1.82, 2.24) is 0 Å². The molecule has 0 aliphatic rings. The quantitative estimate of drug-likeness (QED) is 0.837. The van der Waals surface area contributed by atoms with Crippen LogP contribution in [0.1, 0.15) is 5.56 Å². The van der Waals surface area contributed by atoms with Gasteiger partial charge in [0.15, 0.2) is 5.75 Å². The molecule has 0 amide bonds. The van der Waals surface area contributed by atoms with E-state index in [1.807, 2.05) is 0 Å². The molecule has 0 aliphatic carbocycles. The van der Waals surface area contributed by atoms with Crippen LogP contribution in [0.2, 0.25) is 10.0 Å². The van der Waals surface area contributed by atoms with E-state index in [2.05, 4.69) is 0 Å². The maximum atomic E-state index is 9.20. The van der Waals surface area contributed by atoms with Crippen molar-refractivity contribution in [2.45, 2.75) is 6.42 Å². The molecule has 0 radical (unpaired) electrons. The number of hydrogen-bond donors (Lipinski definition) is 2. The molecule has 0 aromatic heterocycles. The van der Waals surface area contributed by atoms with Gasteiger partial charge in [-0.1, -0.05) is 23.2 Å². The van der Waals surface area contributed by atoms with Gasteiger partial charge in [-0.3, -0.25) is 0 Å². The van der Waals surface area contributed by atoms with Crippen LogP contribution < -0.4 is 5.73 Å². The van der Waals surface area contributed by atoms with Crippen molar-refractivity contribution in [2.24, 2.45) is 5.73 Å². The Morgan fingerprint density at radius 2 is 1.69 bits per heavy atom. The van der Waals surface area contributed by atoms with Crippen LogP contribution >= 0.6 is 35.6 Å². The molecule has 0 bridgehead atoms. The fourth-order valence-electron chi connectivity index (χ4n) is 0.929. The molecular formula is C8H10Cl3NO. The summed E-state index contributed by atoms with van der Waals surface area (Å²) in [6, 6.07) is 3.32. The number of phenols is 1. The van der Waals surface area contributed by atoms with Gasteiger partial charge in [-0.05, 0) is 30.7 Å². The smallest absolute Gasteiger partial charge is 0.152 e. The molecule has 2 nitrogen and oxygen atoms in total. The minimum absolute atomic E-state index is 0. The van der Waals surface area contributed by atoms with Gasteiger partial charge in [0.2, 0.25) is 0 Å². The Kier molecular flexibility index (Phi) is 5.49. The molecular weight excluding hydrogens is 232 g/mol. The van der Waals surface area contributed by atoms with Crippen LogP contribution in [-0.2, 0) is 6.42 Å². The molecule has 1 rings (SSSR count). The average molecular weight is 243 g/mol. The van der Waals surface area contributed by atoms with E-state index in [1.54, 1.807) is 12.1 Å². The Labute approximate surface area is 93.1 Å². The zero-order valence-corrected chi connectivity index (χ0v) is 9.09. The minimum Gasteiger partial charge on any atom is -0.505 e. The maximum absolute atomic E-state index is 9.20. The zero-order valence-electron chi connectivity index (χ0n) is 6.76. The summed E-state index contributed by atoms with van der Waals surface area (Å²) in [6.07, 6.45) is 0.708. The topological polar surface area (TPSA) is 46.2 Å². The summed E-state index contributed by atoms with van der Waals surface area (Å²) in [5.41, 5.74) is 6.29. The molecule has 0 spiro atoms. The Balaban J connectivity index is 0.00000144. The fourth-order valence-corrected chi connectivity index (χ4v) is 1.46. The lowest BCUT2D eigenvalue weighted by Crippen LogP contribution is -2.02. The molecule has 5 heteroatoms. The van der Waals surface area contributed by atoms with E-state index in [1.165, 1.54) is 0 Å². The van der Waals surface area contributed by atoms with Gasteiger partial charge < -0.3 is 10.8 Å². The molecule has 3 N–H and O–H groups in total. The Bertz CT molecular complexity index is 268. The Morgan fingerprint density at radius 3 is 2.08 bits per heavy atom. The molecule has 0 saturated heterocycles. The highest BCUT2D eigenvalue weighted by Crippen LogP contribution is 2.32. The lowest BCUT2D eigenvalue weighted by atomic mass is 10.1. The highest BCUT2D eigenvalue weighted by molar-refractivity contribution is 6.37. The van der Waals surface area contributed by atoms with Crippen molar-refractivity contribution in [3.05, 3.63) is 27.7 Å². The molecule has 74 valence electrons. The van der Waals surface area contributed by atoms with Gasteiger partial charge in [-0.15, -0.1) is 12.4 Å². The zero-order chi connectivity index (χ0) is 9.14. The Morgan fingerprint density at radius 1 is 1.23 bits per heavy atom. The maximum Gasteiger partial charge on any atom is 0.152 e. The second kappa shape index (κ2) is 5.55. The first-order valence-electron chi connectivity index (χ1n) is 3.52.